The molecule has 0 unspecified atom stereocenters. The number of benzene rings is 1. The SMILES string of the molecule is CC[C@@H]1SC2=NC(C)=C(C(=O)OCC(C)C)[C@@H](c3cccc(F)c3)N2C1=O. The molecular weight excluding hydrogens is 367 g/mol. The standard InChI is InChI=1S/C20H23FN2O3S/c1-5-15-18(24)23-17(13-7-6-8-14(21)9-13)16(12(4)22-20(23)27-15)19(25)26-10-11(2)3/h6-9,11,15,17H,5,10H2,1-4H3/t15-,17+/m0/s1. The number of carbonyl (C=O) groups is 2. The first kappa shape index (κ1) is 19.6. The first-order valence-electron chi connectivity index (χ1n) is 9.05. The van der Waals surface area contributed by atoms with Gasteiger partial charge in [0.25, 0.3) is 0 Å². The quantitative estimate of drug-likeness (QED) is 0.712. The van der Waals surface area contributed by atoms with Crippen LogP contribution in [0.5, 0.6) is 0 Å². The number of fused-ring (bicyclic) bond motifs is 1. The van der Waals surface area contributed by atoms with Gasteiger partial charge in [-0.2, -0.15) is 0 Å². The van der Waals surface area contributed by atoms with Crippen LogP contribution in [0.25, 0.3) is 0 Å². The second kappa shape index (κ2) is 7.84. The molecule has 0 spiro atoms. The molecule has 0 saturated carbocycles. The van der Waals surface area contributed by atoms with Gasteiger partial charge in [-0.1, -0.05) is 44.7 Å². The molecule has 5 nitrogen and oxygen atoms in total. The third kappa shape index (κ3) is 3.78. The summed E-state index contributed by atoms with van der Waals surface area (Å²) in [5, 5.41) is 0.303. The number of halogens is 1. The molecule has 2 heterocycles. The molecule has 1 fully saturated rings. The van der Waals surface area contributed by atoms with Crippen LogP contribution in [0.15, 0.2) is 40.5 Å². The topological polar surface area (TPSA) is 59.0 Å². The highest BCUT2D eigenvalue weighted by Gasteiger charge is 2.47. The maximum atomic E-state index is 13.9. The first-order valence-corrected chi connectivity index (χ1v) is 9.93. The molecular formula is C20H23FN2O3S. The van der Waals surface area contributed by atoms with E-state index in [0.717, 1.165) is 0 Å². The summed E-state index contributed by atoms with van der Waals surface area (Å²) in [6.07, 6.45) is 0.654. The van der Waals surface area contributed by atoms with Crippen LogP contribution in [0.4, 0.5) is 4.39 Å². The Morgan fingerprint density at radius 2 is 2.15 bits per heavy atom. The average molecular weight is 390 g/mol. The van der Waals surface area contributed by atoms with E-state index in [-0.39, 0.29) is 29.3 Å². The van der Waals surface area contributed by atoms with Gasteiger partial charge in [0.2, 0.25) is 5.91 Å². The fraction of sp³-hybridized carbons (Fsp3) is 0.450. The molecule has 2 atom stereocenters. The number of amides is 1. The Hall–Kier alpha value is -2.15. The highest BCUT2D eigenvalue weighted by Crippen LogP contribution is 2.44. The fourth-order valence-electron chi connectivity index (χ4n) is 3.16. The van der Waals surface area contributed by atoms with Gasteiger partial charge in [0.05, 0.1) is 29.2 Å². The molecule has 27 heavy (non-hydrogen) atoms. The molecule has 3 rings (SSSR count). The molecule has 0 bridgehead atoms. The Morgan fingerprint density at radius 1 is 1.41 bits per heavy atom. The lowest BCUT2D eigenvalue weighted by Crippen LogP contribution is -2.41. The lowest BCUT2D eigenvalue weighted by molar-refractivity contribution is -0.141. The molecule has 144 valence electrons. The molecule has 0 aliphatic carbocycles. The number of hydrogen-bond acceptors (Lipinski definition) is 5. The van der Waals surface area contributed by atoms with Gasteiger partial charge in [0, 0.05) is 0 Å². The van der Waals surface area contributed by atoms with E-state index in [0.29, 0.717) is 22.8 Å². The van der Waals surface area contributed by atoms with Gasteiger partial charge in [-0.25, -0.2) is 14.2 Å². The van der Waals surface area contributed by atoms with Crippen LogP contribution < -0.4 is 0 Å². The maximum Gasteiger partial charge on any atom is 0.338 e. The van der Waals surface area contributed by atoms with E-state index in [4.69, 9.17) is 4.74 Å². The van der Waals surface area contributed by atoms with Gasteiger partial charge in [-0.15, -0.1) is 0 Å². The monoisotopic (exact) mass is 390 g/mol. The number of amidine groups is 1. The van der Waals surface area contributed by atoms with E-state index >= 15 is 0 Å². The molecule has 1 aromatic carbocycles. The summed E-state index contributed by atoms with van der Waals surface area (Å²) >= 11 is 1.39. The summed E-state index contributed by atoms with van der Waals surface area (Å²) in [6, 6.07) is 5.26. The second-order valence-corrected chi connectivity index (χ2v) is 8.24. The van der Waals surface area contributed by atoms with Gasteiger partial charge >= 0.3 is 5.97 Å². The predicted molar refractivity (Wildman–Crippen MR) is 104 cm³/mol. The van der Waals surface area contributed by atoms with Crippen molar-refractivity contribution in [3.8, 4) is 0 Å². The largest absolute Gasteiger partial charge is 0.462 e. The van der Waals surface area contributed by atoms with E-state index in [1.54, 1.807) is 19.1 Å². The van der Waals surface area contributed by atoms with Crippen LogP contribution in [-0.4, -0.2) is 33.8 Å². The van der Waals surface area contributed by atoms with Crippen molar-refractivity contribution in [1.82, 2.24) is 4.90 Å². The molecule has 2 aliphatic heterocycles. The molecule has 2 aliphatic rings. The van der Waals surface area contributed by atoms with Crippen molar-refractivity contribution in [3.63, 3.8) is 0 Å². The number of carbonyl (C=O) groups excluding carboxylic acids is 2. The second-order valence-electron chi connectivity index (χ2n) is 7.07. The molecule has 0 aromatic heterocycles. The highest BCUT2D eigenvalue weighted by molar-refractivity contribution is 8.15. The normalized spacial score (nSPS) is 22.2. The van der Waals surface area contributed by atoms with Gasteiger partial charge in [-0.05, 0) is 37.0 Å². The number of esters is 1. The summed E-state index contributed by atoms with van der Waals surface area (Å²) < 4.78 is 19.3. The molecule has 1 amide bonds. The smallest absolute Gasteiger partial charge is 0.338 e. The third-order valence-corrected chi connectivity index (χ3v) is 5.77. The van der Waals surface area contributed by atoms with E-state index < -0.39 is 17.8 Å². The van der Waals surface area contributed by atoms with Gasteiger partial charge in [0.1, 0.15) is 5.82 Å². The number of rotatable bonds is 5. The lowest BCUT2D eigenvalue weighted by atomic mass is 9.94. The molecule has 1 saturated heterocycles. The zero-order chi connectivity index (χ0) is 19.7. The van der Waals surface area contributed by atoms with Crippen molar-refractivity contribution < 1.29 is 18.7 Å². The van der Waals surface area contributed by atoms with E-state index in [1.807, 2.05) is 20.8 Å². The summed E-state index contributed by atoms with van der Waals surface area (Å²) in [7, 11) is 0. The highest BCUT2D eigenvalue weighted by atomic mass is 32.2. The summed E-state index contributed by atoms with van der Waals surface area (Å²) in [5.41, 5.74) is 1.32. The number of ether oxygens (including phenoxy) is 1. The third-order valence-electron chi connectivity index (χ3n) is 4.45. The zero-order valence-corrected chi connectivity index (χ0v) is 16.7. The number of hydrogen-bond donors (Lipinski definition) is 0. The molecule has 1 aromatic rings. The first-order chi connectivity index (χ1) is 12.8. The van der Waals surface area contributed by atoms with Crippen molar-refractivity contribution in [3.05, 3.63) is 46.9 Å². The predicted octanol–water partition coefficient (Wildman–Crippen LogP) is 4.06. The lowest BCUT2D eigenvalue weighted by Gasteiger charge is -2.33. The average Bonchev–Trinajstić information content (AvgIpc) is 2.93. The molecule has 7 heteroatoms. The number of thioether (sulfide) groups is 1. The van der Waals surface area contributed by atoms with Gasteiger partial charge in [-0.3, -0.25) is 9.69 Å². The van der Waals surface area contributed by atoms with Gasteiger partial charge in [0.15, 0.2) is 5.17 Å². The Morgan fingerprint density at radius 3 is 2.78 bits per heavy atom. The Balaban J connectivity index is 2.08. The van der Waals surface area contributed by atoms with Crippen molar-refractivity contribution in [1.29, 1.82) is 0 Å². The molecule has 0 N–H and O–H groups in total. The summed E-state index contributed by atoms with van der Waals surface area (Å²) in [4.78, 5) is 31.8. The minimum absolute atomic E-state index is 0.114. The van der Waals surface area contributed by atoms with Crippen LogP contribution in [-0.2, 0) is 14.3 Å². The van der Waals surface area contributed by atoms with Crippen LogP contribution in [0.2, 0.25) is 0 Å². The van der Waals surface area contributed by atoms with E-state index in [1.165, 1.54) is 28.8 Å². The van der Waals surface area contributed by atoms with E-state index in [9.17, 15) is 14.0 Å². The Kier molecular flexibility index (Phi) is 5.69. The van der Waals surface area contributed by atoms with Crippen LogP contribution in [0.1, 0.15) is 45.7 Å². The molecule has 0 radical (unpaired) electrons. The fourth-order valence-corrected chi connectivity index (χ4v) is 4.30. The number of allylic oxidation sites excluding steroid dienone is 1. The van der Waals surface area contributed by atoms with E-state index in [2.05, 4.69) is 4.99 Å². The zero-order valence-electron chi connectivity index (χ0n) is 15.9. The van der Waals surface area contributed by atoms with Crippen molar-refractivity contribution in [2.45, 2.75) is 45.4 Å². The Labute approximate surface area is 162 Å². The van der Waals surface area contributed by atoms with Crippen molar-refractivity contribution in [2.24, 2.45) is 10.9 Å². The van der Waals surface area contributed by atoms with Crippen LogP contribution in [0, 0.1) is 11.7 Å². The summed E-state index contributed by atoms with van der Waals surface area (Å²) in [5.74, 6) is -0.873. The number of aliphatic imine (C=N–C) groups is 1. The van der Waals surface area contributed by atoms with Crippen molar-refractivity contribution >= 4 is 28.8 Å². The van der Waals surface area contributed by atoms with Crippen molar-refractivity contribution in [2.75, 3.05) is 6.61 Å². The van der Waals surface area contributed by atoms with Crippen LogP contribution in [0.3, 0.4) is 0 Å². The Bertz CT molecular complexity index is 834. The number of nitrogens with zero attached hydrogens (tertiary/aromatic N) is 2. The van der Waals surface area contributed by atoms with Crippen LogP contribution >= 0.6 is 11.8 Å². The minimum Gasteiger partial charge on any atom is -0.462 e. The van der Waals surface area contributed by atoms with Gasteiger partial charge < -0.3 is 4.74 Å². The summed E-state index contributed by atoms with van der Waals surface area (Å²) in [6.45, 7) is 7.82. The maximum absolute atomic E-state index is 13.9. The minimum atomic E-state index is -0.732.